The lowest BCUT2D eigenvalue weighted by Gasteiger charge is -2.28. The van der Waals surface area contributed by atoms with Crippen LogP contribution in [0.1, 0.15) is 60.4 Å². The molecule has 144 valence electrons. The molecule has 3 aromatic rings. The molecular weight excluding hydrogens is 360 g/mol. The van der Waals surface area contributed by atoms with Crippen LogP contribution >= 0.6 is 0 Å². The first-order valence-corrected chi connectivity index (χ1v) is 9.75. The number of aromatic nitrogens is 4. The van der Waals surface area contributed by atoms with Crippen molar-refractivity contribution >= 4 is 0 Å². The van der Waals surface area contributed by atoms with Crippen LogP contribution in [0.15, 0.2) is 36.5 Å². The van der Waals surface area contributed by atoms with Crippen LogP contribution in [0.2, 0.25) is 0 Å². The van der Waals surface area contributed by atoms with Crippen LogP contribution in [0.3, 0.4) is 0 Å². The Morgan fingerprint density at radius 3 is 2.57 bits per heavy atom. The second-order valence-electron chi connectivity index (χ2n) is 7.61. The highest BCUT2D eigenvalue weighted by atomic mass is 19.1. The Kier molecular flexibility index (Phi) is 4.39. The van der Waals surface area contributed by atoms with Crippen LogP contribution in [0, 0.1) is 11.6 Å². The molecule has 1 N–H and O–H groups in total. The summed E-state index contributed by atoms with van der Waals surface area (Å²) in [5.74, 6) is 1.03. The molecule has 0 radical (unpaired) electrons. The van der Waals surface area contributed by atoms with E-state index in [0.717, 1.165) is 61.8 Å². The Hall–Kier alpha value is -2.67. The number of halogens is 2. The second-order valence-corrected chi connectivity index (χ2v) is 7.61. The zero-order valence-electron chi connectivity index (χ0n) is 15.4. The number of pyridine rings is 1. The summed E-state index contributed by atoms with van der Waals surface area (Å²) in [5.41, 5.74) is 2.75. The number of nitrogens with one attached hydrogen (secondary N) is 1. The fourth-order valence-electron chi connectivity index (χ4n) is 4.51. The molecule has 0 unspecified atom stereocenters. The third-order valence-electron chi connectivity index (χ3n) is 5.90. The van der Waals surface area contributed by atoms with Gasteiger partial charge in [0.25, 0.3) is 0 Å². The molecule has 2 aromatic heterocycles. The van der Waals surface area contributed by atoms with Gasteiger partial charge in [-0.25, -0.2) is 8.78 Å². The van der Waals surface area contributed by atoms with Gasteiger partial charge in [-0.3, -0.25) is 9.55 Å². The molecule has 1 fully saturated rings. The molecule has 28 heavy (non-hydrogen) atoms. The van der Waals surface area contributed by atoms with E-state index >= 15 is 0 Å². The minimum atomic E-state index is -0.631. The first kappa shape index (κ1) is 17.4. The molecule has 1 aliphatic carbocycles. The lowest BCUT2D eigenvalue weighted by molar-refractivity contribution is 0.367. The number of benzene rings is 1. The molecule has 0 atom stereocenters. The van der Waals surface area contributed by atoms with Crippen molar-refractivity contribution in [1.82, 2.24) is 25.1 Å². The average Bonchev–Trinajstić information content (AvgIpc) is 3.03. The van der Waals surface area contributed by atoms with E-state index in [2.05, 4.69) is 37.2 Å². The molecular formula is C21H21F2N5. The van der Waals surface area contributed by atoms with Gasteiger partial charge < -0.3 is 5.32 Å². The Balaban J connectivity index is 1.41. The monoisotopic (exact) mass is 381 g/mol. The summed E-state index contributed by atoms with van der Waals surface area (Å²) in [6.45, 7) is 1.49. The smallest absolute Gasteiger partial charge is 0.151 e. The van der Waals surface area contributed by atoms with E-state index in [1.807, 2.05) is 12.1 Å². The largest absolute Gasteiger partial charge is 0.306 e. The Labute approximate surface area is 161 Å². The highest BCUT2D eigenvalue weighted by Crippen LogP contribution is 2.41. The molecule has 0 bridgehead atoms. The van der Waals surface area contributed by atoms with Crippen LogP contribution in [-0.2, 0) is 13.1 Å². The molecule has 0 amide bonds. The van der Waals surface area contributed by atoms with Crippen molar-refractivity contribution < 1.29 is 8.78 Å². The fourth-order valence-corrected chi connectivity index (χ4v) is 4.51. The lowest BCUT2D eigenvalue weighted by atomic mass is 9.79. The molecule has 1 aliphatic heterocycles. The number of para-hydroxylation sites is 1. The Bertz CT molecular complexity index is 1010. The van der Waals surface area contributed by atoms with Crippen LogP contribution in [0.4, 0.5) is 8.78 Å². The van der Waals surface area contributed by atoms with Crippen LogP contribution in [0.25, 0.3) is 5.69 Å². The summed E-state index contributed by atoms with van der Waals surface area (Å²) < 4.78 is 29.4. The van der Waals surface area contributed by atoms with Crippen molar-refractivity contribution in [1.29, 1.82) is 0 Å². The maximum absolute atomic E-state index is 14.1. The van der Waals surface area contributed by atoms with Crippen LogP contribution in [0.5, 0.6) is 0 Å². The van der Waals surface area contributed by atoms with E-state index in [4.69, 9.17) is 0 Å². The second kappa shape index (κ2) is 7.05. The molecule has 2 aliphatic rings. The molecule has 3 heterocycles. The van der Waals surface area contributed by atoms with Crippen LogP contribution < -0.4 is 5.32 Å². The SMILES string of the molecule is Fc1cnc(C2CCC(c3nnc4n3-c3ccccc3CNC4)CC2)c(F)c1. The highest BCUT2D eigenvalue weighted by Gasteiger charge is 2.31. The van der Waals surface area contributed by atoms with Crippen molar-refractivity contribution in [3.63, 3.8) is 0 Å². The molecule has 0 spiro atoms. The molecule has 0 saturated heterocycles. The highest BCUT2D eigenvalue weighted by molar-refractivity contribution is 5.44. The molecule has 1 aromatic carbocycles. The summed E-state index contributed by atoms with van der Waals surface area (Å²) >= 11 is 0. The van der Waals surface area contributed by atoms with E-state index < -0.39 is 11.6 Å². The Morgan fingerprint density at radius 2 is 1.75 bits per heavy atom. The average molecular weight is 381 g/mol. The van der Waals surface area contributed by atoms with Crippen molar-refractivity contribution in [3.05, 3.63) is 71.1 Å². The van der Waals surface area contributed by atoms with Crippen molar-refractivity contribution in [3.8, 4) is 5.69 Å². The molecule has 7 heteroatoms. The van der Waals surface area contributed by atoms with E-state index in [0.29, 0.717) is 12.2 Å². The van der Waals surface area contributed by atoms with Gasteiger partial charge in [0, 0.05) is 24.4 Å². The van der Waals surface area contributed by atoms with Gasteiger partial charge in [0.1, 0.15) is 17.5 Å². The number of hydrogen-bond donors (Lipinski definition) is 1. The normalized spacial score (nSPS) is 21.6. The summed E-state index contributed by atoms with van der Waals surface area (Å²) in [7, 11) is 0. The maximum Gasteiger partial charge on any atom is 0.151 e. The van der Waals surface area contributed by atoms with E-state index in [9.17, 15) is 8.78 Å². The topological polar surface area (TPSA) is 55.6 Å². The summed E-state index contributed by atoms with van der Waals surface area (Å²) in [6.07, 6.45) is 4.49. The van der Waals surface area contributed by atoms with Gasteiger partial charge in [0.2, 0.25) is 0 Å². The summed E-state index contributed by atoms with van der Waals surface area (Å²) in [4.78, 5) is 4.01. The van der Waals surface area contributed by atoms with Gasteiger partial charge in [-0.2, -0.15) is 0 Å². The van der Waals surface area contributed by atoms with Gasteiger partial charge in [0.05, 0.1) is 24.1 Å². The number of hydrogen-bond acceptors (Lipinski definition) is 4. The number of rotatable bonds is 2. The summed E-state index contributed by atoms with van der Waals surface area (Å²) in [6, 6.07) is 9.25. The zero-order valence-corrected chi connectivity index (χ0v) is 15.4. The third-order valence-corrected chi connectivity index (χ3v) is 5.90. The minimum Gasteiger partial charge on any atom is -0.306 e. The first-order chi connectivity index (χ1) is 13.7. The minimum absolute atomic E-state index is 0.0253. The van der Waals surface area contributed by atoms with Crippen molar-refractivity contribution in [2.75, 3.05) is 0 Å². The third kappa shape index (κ3) is 2.99. The van der Waals surface area contributed by atoms with E-state index in [1.54, 1.807) is 0 Å². The first-order valence-electron chi connectivity index (χ1n) is 9.75. The standard InChI is InChI=1S/C21H21F2N5/c22-16-9-17(23)20(25-11-16)13-5-7-14(8-6-13)21-27-26-19-12-24-10-15-3-1-2-4-18(15)28(19)21/h1-4,9,11,13-14,24H,5-8,10,12H2. The predicted molar refractivity (Wildman–Crippen MR) is 100 cm³/mol. The molecule has 5 nitrogen and oxygen atoms in total. The molecule has 1 saturated carbocycles. The number of fused-ring (bicyclic) bond motifs is 3. The van der Waals surface area contributed by atoms with E-state index in [-0.39, 0.29) is 11.8 Å². The molecule has 5 rings (SSSR count). The fraction of sp³-hybridized carbons (Fsp3) is 0.381. The zero-order chi connectivity index (χ0) is 19.1. The van der Waals surface area contributed by atoms with Gasteiger partial charge in [-0.15, -0.1) is 10.2 Å². The van der Waals surface area contributed by atoms with Crippen molar-refractivity contribution in [2.24, 2.45) is 0 Å². The van der Waals surface area contributed by atoms with Crippen molar-refractivity contribution in [2.45, 2.75) is 50.6 Å². The summed E-state index contributed by atoms with van der Waals surface area (Å²) in [5, 5.41) is 12.4. The van der Waals surface area contributed by atoms with Gasteiger partial charge in [0.15, 0.2) is 5.82 Å². The van der Waals surface area contributed by atoms with Gasteiger partial charge in [-0.1, -0.05) is 18.2 Å². The van der Waals surface area contributed by atoms with E-state index in [1.165, 1.54) is 5.56 Å². The quantitative estimate of drug-likeness (QED) is 0.729. The van der Waals surface area contributed by atoms with Gasteiger partial charge in [-0.05, 0) is 37.3 Å². The maximum atomic E-state index is 14.1. The predicted octanol–water partition coefficient (Wildman–Crippen LogP) is 3.99. The number of nitrogens with zero attached hydrogens (tertiary/aromatic N) is 4. The lowest BCUT2D eigenvalue weighted by Crippen LogP contribution is -2.18. The van der Waals surface area contributed by atoms with Gasteiger partial charge >= 0.3 is 0 Å². The Morgan fingerprint density at radius 1 is 0.964 bits per heavy atom. The van der Waals surface area contributed by atoms with Crippen LogP contribution in [-0.4, -0.2) is 19.7 Å².